The zero-order valence-corrected chi connectivity index (χ0v) is 20.7. The first-order chi connectivity index (χ1) is 15.6. The lowest BCUT2D eigenvalue weighted by molar-refractivity contribution is -0.143. The number of hydrogen-bond donors (Lipinski definition) is 0. The van der Waals surface area contributed by atoms with Crippen LogP contribution in [0.1, 0.15) is 47.8 Å². The first-order valence-corrected chi connectivity index (χ1v) is 12.0. The van der Waals surface area contributed by atoms with Gasteiger partial charge in [-0.25, -0.2) is 0 Å². The van der Waals surface area contributed by atoms with Gasteiger partial charge in [-0.15, -0.1) is 23.7 Å². The van der Waals surface area contributed by atoms with Crippen molar-refractivity contribution in [2.24, 2.45) is 0 Å². The van der Waals surface area contributed by atoms with Gasteiger partial charge < -0.3 is 19.1 Å². The second kappa shape index (κ2) is 11.7. The standard InChI is InChI=1S/C25H29NO5S.ClH/c1-3-30-22(27)8-12-26-10-6-18(7-11-26)24-20-14-17(15-23(28)29-2)4-5-21(20)31-16-19-9-13-32-25(19)24;/h4-5,9,13-14H,3,6-8,10-12,15-16H2,1-2H3;1H. The Morgan fingerprint density at radius 1 is 1.15 bits per heavy atom. The van der Waals surface area contributed by atoms with E-state index in [1.165, 1.54) is 28.7 Å². The average molecular weight is 492 g/mol. The molecule has 1 fully saturated rings. The first-order valence-electron chi connectivity index (χ1n) is 11.1. The van der Waals surface area contributed by atoms with Crippen molar-refractivity contribution in [2.45, 2.75) is 39.2 Å². The van der Waals surface area contributed by atoms with Crippen molar-refractivity contribution in [2.75, 3.05) is 33.4 Å². The van der Waals surface area contributed by atoms with Gasteiger partial charge in [0.15, 0.2) is 0 Å². The second-order valence-electron chi connectivity index (χ2n) is 8.02. The lowest BCUT2D eigenvalue weighted by Crippen LogP contribution is -2.33. The SMILES string of the molecule is CCOC(=O)CCN1CCC(=C2c3cc(CC(=O)OC)ccc3OCc3ccsc32)CC1.Cl. The molecule has 2 aliphatic rings. The molecule has 1 saturated heterocycles. The summed E-state index contributed by atoms with van der Waals surface area (Å²) in [6.07, 6.45) is 2.56. The number of halogens is 1. The van der Waals surface area contributed by atoms with Gasteiger partial charge in [-0.05, 0) is 48.9 Å². The van der Waals surface area contributed by atoms with Crippen molar-refractivity contribution in [3.05, 3.63) is 56.8 Å². The van der Waals surface area contributed by atoms with Crippen molar-refractivity contribution in [1.82, 2.24) is 4.90 Å². The van der Waals surface area contributed by atoms with Gasteiger partial charge >= 0.3 is 11.9 Å². The predicted octanol–water partition coefficient (Wildman–Crippen LogP) is 4.63. The Hall–Kier alpha value is -2.35. The Morgan fingerprint density at radius 3 is 2.67 bits per heavy atom. The molecule has 178 valence electrons. The molecule has 0 radical (unpaired) electrons. The normalized spacial score (nSPS) is 15.5. The topological polar surface area (TPSA) is 65.1 Å². The highest BCUT2D eigenvalue weighted by molar-refractivity contribution is 7.11. The van der Waals surface area contributed by atoms with Crippen LogP contribution in [0.4, 0.5) is 0 Å². The predicted molar refractivity (Wildman–Crippen MR) is 131 cm³/mol. The van der Waals surface area contributed by atoms with Crippen LogP contribution in [0.25, 0.3) is 5.57 Å². The maximum atomic E-state index is 11.8. The fourth-order valence-corrected chi connectivity index (χ4v) is 5.34. The number of likely N-dealkylation sites (tertiary alicyclic amines) is 1. The second-order valence-corrected chi connectivity index (χ2v) is 8.94. The van der Waals surface area contributed by atoms with E-state index in [0.717, 1.165) is 49.4 Å². The molecule has 1 aromatic carbocycles. The molecule has 0 amide bonds. The summed E-state index contributed by atoms with van der Waals surface area (Å²) in [4.78, 5) is 27.1. The van der Waals surface area contributed by atoms with Gasteiger partial charge in [0.05, 0.1) is 26.6 Å². The lowest BCUT2D eigenvalue weighted by Gasteiger charge is -2.29. The van der Waals surface area contributed by atoms with E-state index in [1.807, 2.05) is 19.1 Å². The van der Waals surface area contributed by atoms with Gasteiger partial charge in [0, 0.05) is 41.2 Å². The fraction of sp³-hybridized carbons (Fsp3) is 0.440. The Kier molecular flexibility index (Phi) is 8.95. The summed E-state index contributed by atoms with van der Waals surface area (Å²) in [7, 11) is 1.41. The third kappa shape index (κ3) is 5.96. The molecular formula is C25H30ClNO5S. The van der Waals surface area contributed by atoms with Crippen LogP contribution < -0.4 is 4.74 Å². The molecule has 1 aromatic heterocycles. The number of benzene rings is 1. The summed E-state index contributed by atoms with van der Waals surface area (Å²) in [6.45, 7) is 5.37. The molecule has 0 unspecified atom stereocenters. The van der Waals surface area contributed by atoms with Crippen LogP contribution in [0.15, 0.2) is 35.2 Å². The van der Waals surface area contributed by atoms with E-state index >= 15 is 0 Å². The molecule has 0 atom stereocenters. The van der Waals surface area contributed by atoms with Crippen molar-refractivity contribution in [3.63, 3.8) is 0 Å². The van der Waals surface area contributed by atoms with E-state index in [9.17, 15) is 9.59 Å². The quantitative estimate of drug-likeness (QED) is 0.549. The van der Waals surface area contributed by atoms with E-state index in [1.54, 1.807) is 11.3 Å². The van der Waals surface area contributed by atoms with Crippen LogP contribution in [0.3, 0.4) is 0 Å². The van der Waals surface area contributed by atoms with Crippen LogP contribution in [0, 0.1) is 0 Å². The number of esters is 2. The van der Waals surface area contributed by atoms with Gasteiger partial charge in [-0.1, -0.05) is 11.6 Å². The molecule has 33 heavy (non-hydrogen) atoms. The van der Waals surface area contributed by atoms with Crippen molar-refractivity contribution in [1.29, 1.82) is 0 Å². The van der Waals surface area contributed by atoms with Crippen LogP contribution in [0.5, 0.6) is 5.75 Å². The average Bonchev–Trinajstić information content (AvgIpc) is 3.20. The molecule has 0 saturated carbocycles. The van der Waals surface area contributed by atoms with Crippen LogP contribution >= 0.6 is 23.7 Å². The van der Waals surface area contributed by atoms with Crippen LogP contribution in [-0.4, -0.2) is 50.2 Å². The number of carbonyl (C=O) groups excluding carboxylic acids is 2. The van der Waals surface area contributed by atoms with Crippen molar-refractivity contribution >= 4 is 41.3 Å². The van der Waals surface area contributed by atoms with E-state index in [-0.39, 0.29) is 30.8 Å². The zero-order chi connectivity index (χ0) is 22.5. The molecule has 2 aromatic rings. The third-order valence-electron chi connectivity index (χ3n) is 6.00. The number of nitrogens with zero attached hydrogens (tertiary/aromatic N) is 1. The molecule has 0 N–H and O–H groups in total. The van der Waals surface area contributed by atoms with Gasteiger partial charge in [-0.3, -0.25) is 9.59 Å². The van der Waals surface area contributed by atoms with Gasteiger partial charge in [0.1, 0.15) is 12.4 Å². The number of thiophene rings is 1. The van der Waals surface area contributed by atoms with Gasteiger partial charge in [-0.2, -0.15) is 0 Å². The largest absolute Gasteiger partial charge is 0.488 e. The summed E-state index contributed by atoms with van der Waals surface area (Å²) in [5, 5.41) is 2.12. The van der Waals surface area contributed by atoms with E-state index < -0.39 is 0 Å². The van der Waals surface area contributed by atoms with Crippen molar-refractivity contribution < 1.29 is 23.8 Å². The number of fused-ring (bicyclic) bond motifs is 2. The first kappa shape index (κ1) is 25.3. The molecule has 2 aliphatic heterocycles. The molecule has 0 aliphatic carbocycles. The van der Waals surface area contributed by atoms with Crippen LogP contribution in [0.2, 0.25) is 0 Å². The van der Waals surface area contributed by atoms with E-state index in [0.29, 0.717) is 19.6 Å². The molecule has 4 rings (SSSR count). The Balaban J connectivity index is 0.00000306. The van der Waals surface area contributed by atoms with Crippen LogP contribution in [-0.2, 0) is 32.1 Å². The third-order valence-corrected chi connectivity index (χ3v) is 6.97. The maximum absolute atomic E-state index is 11.8. The summed E-state index contributed by atoms with van der Waals surface area (Å²) in [5.74, 6) is 0.475. The van der Waals surface area contributed by atoms with E-state index in [2.05, 4.69) is 22.4 Å². The van der Waals surface area contributed by atoms with Gasteiger partial charge in [0.2, 0.25) is 0 Å². The number of methoxy groups -OCH3 is 1. The monoisotopic (exact) mass is 491 g/mol. The number of rotatable bonds is 6. The minimum Gasteiger partial charge on any atom is -0.488 e. The molecule has 0 bridgehead atoms. The van der Waals surface area contributed by atoms with E-state index in [4.69, 9.17) is 14.2 Å². The summed E-state index contributed by atoms with van der Waals surface area (Å²) in [6, 6.07) is 8.13. The summed E-state index contributed by atoms with van der Waals surface area (Å²) < 4.78 is 16.1. The molecule has 0 spiro atoms. The summed E-state index contributed by atoms with van der Waals surface area (Å²) >= 11 is 1.74. The lowest BCUT2D eigenvalue weighted by atomic mass is 9.89. The molecule has 8 heteroatoms. The number of carbonyl (C=O) groups is 2. The number of hydrogen-bond acceptors (Lipinski definition) is 7. The Labute approximate surface area is 204 Å². The molecular weight excluding hydrogens is 462 g/mol. The number of ether oxygens (including phenoxy) is 3. The highest BCUT2D eigenvalue weighted by atomic mass is 35.5. The fourth-order valence-electron chi connectivity index (χ4n) is 4.32. The van der Waals surface area contributed by atoms with Gasteiger partial charge in [0.25, 0.3) is 0 Å². The highest BCUT2D eigenvalue weighted by Crippen LogP contribution is 2.43. The molecule has 3 heterocycles. The Morgan fingerprint density at radius 2 is 1.94 bits per heavy atom. The smallest absolute Gasteiger partial charge is 0.309 e. The molecule has 6 nitrogen and oxygen atoms in total. The minimum absolute atomic E-state index is 0. The zero-order valence-electron chi connectivity index (χ0n) is 19.1. The Bertz CT molecular complexity index is 1020. The maximum Gasteiger partial charge on any atom is 0.309 e. The highest BCUT2D eigenvalue weighted by Gasteiger charge is 2.26. The van der Waals surface area contributed by atoms with Crippen molar-refractivity contribution in [3.8, 4) is 5.75 Å². The summed E-state index contributed by atoms with van der Waals surface area (Å²) in [5.41, 5.74) is 5.84. The minimum atomic E-state index is -0.250. The number of piperidine rings is 1.